The molecule has 0 bridgehead atoms. The van der Waals surface area contributed by atoms with Gasteiger partial charge >= 0.3 is 0 Å². The summed E-state index contributed by atoms with van der Waals surface area (Å²) in [7, 11) is 0. The summed E-state index contributed by atoms with van der Waals surface area (Å²) in [6, 6.07) is 21.4. The summed E-state index contributed by atoms with van der Waals surface area (Å²) in [5, 5.41) is 0. The van der Waals surface area contributed by atoms with Gasteiger partial charge in [-0.05, 0) is 30.3 Å². The highest BCUT2D eigenvalue weighted by Gasteiger charge is 2.38. The van der Waals surface area contributed by atoms with Crippen LogP contribution in [0, 0.1) is 0 Å². The van der Waals surface area contributed by atoms with Gasteiger partial charge in [0.2, 0.25) is 0 Å². The van der Waals surface area contributed by atoms with Gasteiger partial charge < -0.3 is 4.57 Å². The minimum absolute atomic E-state index is 0.0820. The van der Waals surface area contributed by atoms with Gasteiger partial charge in [0.25, 0.3) is 5.91 Å². The van der Waals surface area contributed by atoms with E-state index in [2.05, 4.69) is 0 Å². The fourth-order valence-corrected chi connectivity index (χ4v) is 2.95. The zero-order valence-electron chi connectivity index (χ0n) is 11.4. The molecule has 102 valence electrons. The number of hydrogen-bond acceptors (Lipinski definition) is 1. The van der Waals surface area contributed by atoms with E-state index in [4.69, 9.17) is 0 Å². The van der Waals surface area contributed by atoms with Gasteiger partial charge in [0.05, 0.1) is 5.69 Å². The third-order valence-electron chi connectivity index (χ3n) is 3.87. The lowest BCUT2D eigenvalue weighted by Crippen LogP contribution is -2.26. The number of para-hydroxylation sites is 2. The second-order valence-electron chi connectivity index (χ2n) is 5.10. The van der Waals surface area contributed by atoms with E-state index in [0.29, 0.717) is 0 Å². The Balaban J connectivity index is 1.90. The number of carbonyl (C=O) groups is 1. The molecule has 0 N–H and O–H groups in total. The van der Waals surface area contributed by atoms with Crippen LogP contribution in [0.1, 0.15) is 11.6 Å². The summed E-state index contributed by atoms with van der Waals surface area (Å²) in [6.07, 6.45) is 3.88. The van der Waals surface area contributed by atoms with Crippen LogP contribution in [0.15, 0.2) is 79.1 Å². The molecule has 1 unspecified atom stereocenters. The number of aromatic nitrogens is 1. The Hall–Kier alpha value is -2.81. The Kier molecular flexibility index (Phi) is 2.64. The average Bonchev–Trinajstić information content (AvgIpc) is 3.13. The molecule has 3 aromatic rings. The molecular formula is C18H14N2O. The molecule has 1 aliphatic heterocycles. The topological polar surface area (TPSA) is 25.2 Å². The second kappa shape index (κ2) is 4.63. The van der Waals surface area contributed by atoms with Crippen molar-refractivity contribution in [1.29, 1.82) is 0 Å². The van der Waals surface area contributed by atoms with E-state index in [1.807, 2.05) is 83.7 Å². The van der Waals surface area contributed by atoms with Crippen LogP contribution < -0.4 is 4.90 Å². The predicted molar refractivity (Wildman–Crippen MR) is 82.6 cm³/mol. The van der Waals surface area contributed by atoms with Crippen molar-refractivity contribution in [2.75, 3.05) is 4.90 Å². The minimum Gasteiger partial charge on any atom is -0.338 e. The van der Waals surface area contributed by atoms with E-state index >= 15 is 0 Å². The lowest BCUT2D eigenvalue weighted by Gasteiger charge is -2.18. The highest BCUT2D eigenvalue weighted by atomic mass is 16.2. The van der Waals surface area contributed by atoms with Gasteiger partial charge in [-0.3, -0.25) is 9.69 Å². The number of hydrogen-bond donors (Lipinski definition) is 0. The standard InChI is InChI=1S/C18H14N2O/c21-18-17(19-12-6-7-13-19)15-10-4-5-11-16(15)20(18)14-8-2-1-3-9-14/h1-13,17H. The fourth-order valence-electron chi connectivity index (χ4n) is 2.95. The highest BCUT2D eigenvalue weighted by Crippen LogP contribution is 2.42. The molecule has 4 rings (SSSR count). The Labute approximate surface area is 123 Å². The number of fused-ring (bicyclic) bond motifs is 1. The maximum Gasteiger partial charge on any atom is 0.259 e. The van der Waals surface area contributed by atoms with Crippen LogP contribution in [0.3, 0.4) is 0 Å². The molecule has 0 radical (unpaired) electrons. The number of carbonyl (C=O) groups excluding carboxylic acids is 1. The van der Waals surface area contributed by atoms with Crippen molar-refractivity contribution in [3.8, 4) is 0 Å². The monoisotopic (exact) mass is 274 g/mol. The molecule has 1 aliphatic rings. The van der Waals surface area contributed by atoms with E-state index in [0.717, 1.165) is 16.9 Å². The zero-order valence-corrected chi connectivity index (χ0v) is 11.4. The summed E-state index contributed by atoms with van der Waals surface area (Å²) in [6.45, 7) is 0. The molecule has 0 spiro atoms. The van der Waals surface area contributed by atoms with E-state index in [1.54, 1.807) is 4.90 Å². The van der Waals surface area contributed by atoms with Gasteiger partial charge in [-0.1, -0.05) is 36.4 Å². The maximum absolute atomic E-state index is 13.0. The van der Waals surface area contributed by atoms with Crippen LogP contribution >= 0.6 is 0 Å². The Bertz CT molecular complexity index is 778. The SMILES string of the molecule is O=C1C(n2cccc2)c2ccccc2N1c1ccccc1. The Morgan fingerprint density at radius 3 is 2.19 bits per heavy atom. The number of nitrogens with zero attached hydrogens (tertiary/aromatic N) is 2. The largest absolute Gasteiger partial charge is 0.338 e. The molecule has 3 nitrogen and oxygen atoms in total. The number of rotatable bonds is 2. The van der Waals surface area contributed by atoms with Gasteiger partial charge in [-0.2, -0.15) is 0 Å². The maximum atomic E-state index is 13.0. The molecule has 2 aromatic carbocycles. The second-order valence-corrected chi connectivity index (χ2v) is 5.10. The molecule has 0 saturated carbocycles. The number of amides is 1. The van der Waals surface area contributed by atoms with Crippen LogP contribution in [-0.4, -0.2) is 10.5 Å². The molecule has 0 fully saturated rings. The third kappa shape index (κ3) is 1.78. The Morgan fingerprint density at radius 2 is 1.43 bits per heavy atom. The van der Waals surface area contributed by atoms with Crippen LogP contribution in [0.25, 0.3) is 0 Å². The van der Waals surface area contributed by atoms with Gasteiger partial charge in [0.15, 0.2) is 0 Å². The quantitative estimate of drug-likeness (QED) is 0.698. The predicted octanol–water partition coefficient (Wildman–Crippen LogP) is 3.76. The Morgan fingerprint density at radius 1 is 0.762 bits per heavy atom. The van der Waals surface area contributed by atoms with Crippen molar-refractivity contribution in [2.45, 2.75) is 6.04 Å². The van der Waals surface area contributed by atoms with Crippen LogP contribution in [0.4, 0.5) is 11.4 Å². The molecule has 0 saturated heterocycles. The summed E-state index contributed by atoms with van der Waals surface area (Å²) < 4.78 is 1.96. The molecule has 0 aliphatic carbocycles. The van der Waals surface area contributed by atoms with Crippen molar-refractivity contribution in [2.24, 2.45) is 0 Å². The van der Waals surface area contributed by atoms with Crippen molar-refractivity contribution in [3.63, 3.8) is 0 Å². The van der Waals surface area contributed by atoms with E-state index < -0.39 is 0 Å². The first-order valence-electron chi connectivity index (χ1n) is 6.96. The molecule has 1 atom stereocenters. The summed E-state index contributed by atoms with van der Waals surface area (Å²) in [5.74, 6) is 0.0820. The minimum atomic E-state index is -0.281. The van der Waals surface area contributed by atoms with E-state index in [-0.39, 0.29) is 11.9 Å². The molecule has 1 aromatic heterocycles. The van der Waals surface area contributed by atoms with Crippen LogP contribution in [0.5, 0.6) is 0 Å². The van der Waals surface area contributed by atoms with Crippen molar-refractivity contribution in [1.82, 2.24) is 4.57 Å². The van der Waals surface area contributed by atoms with Crippen molar-refractivity contribution in [3.05, 3.63) is 84.7 Å². The van der Waals surface area contributed by atoms with E-state index in [1.165, 1.54) is 0 Å². The van der Waals surface area contributed by atoms with Gasteiger partial charge in [0.1, 0.15) is 6.04 Å². The van der Waals surface area contributed by atoms with Crippen LogP contribution in [-0.2, 0) is 4.79 Å². The zero-order chi connectivity index (χ0) is 14.2. The summed E-state index contributed by atoms with van der Waals surface area (Å²) in [5.41, 5.74) is 2.92. The highest BCUT2D eigenvalue weighted by molar-refractivity contribution is 6.10. The molecule has 21 heavy (non-hydrogen) atoms. The molecule has 3 heteroatoms. The van der Waals surface area contributed by atoms with Crippen molar-refractivity contribution < 1.29 is 4.79 Å². The number of anilines is 2. The third-order valence-corrected chi connectivity index (χ3v) is 3.87. The number of benzene rings is 2. The molecule has 2 heterocycles. The average molecular weight is 274 g/mol. The first-order chi connectivity index (χ1) is 10.4. The molecular weight excluding hydrogens is 260 g/mol. The first-order valence-corrected chi connectivity index (χ1v) is 6.96. The summed E-state index contributed by atoms with van der Waals surface area (Å²) >= 11 is 0. The first kappa shape index (κ1) is 12.0. The van der Waals surface area contributed by atoms with E-state index in [9.17, 15) is 4.79 Å². The lowest BCUT2D eigenvalue weighted by atomic mass is 10.1. The normalized spacial score (nSPS) is 17.0. The fraction of sp³-hybridized carbons (Fsp3) is 0.0556. The molecule has 1 amide bonds. The van der Waals surface area contributed by atoms with Gasteiger partial charge in [0, 0.05) is 23.6 Å². The lowest BCUT2D eigenvalue weighted by molar-refractivity contribution is -0.119. The van der Waals surface area contributed by atoms with Gasteiger partial charge in [-0.25, -0.2) is 0 Å². The van der Waals surface area contributed by atoms with Gasteiger partial charge in [-0.15, -0.1) is 0 Å². The van der Waals surface area contributed by atoms with Crippen molar-refractivity contribution >= 4 is 17.3 Å². The smallest absolute Gasteiger partial charge is 0.259 e. The van der Waals surface area contributed by atoms with Crippen LogP contribution in [0.2, 0.25) is 0 Å². The summed E-state index contributed by atoms with van der Waals surface area (Å²) in [4.78, 5) is 14.8.